The highest BCUT2D eigenvalue weighted by Gasteiger charge is 2.35. The van der Waals surface area contributed by atoms with Gasteiger partial charge in [-0.1, -0.05) is 17.7 Å². The van der Waals surface area contributed by atoms with Crippen molar-refractivity contribution in [3.8, 4) is 17.2 Å². The zero-order valence-corrected chi connectivity index (χ0v) is 18.8. The first-order chi connectivity index (χ1) is 14.3. The van der Waals surface area contributed by atoms with E-state index in [4.69, 9.17) is 25.8 Å². The Morgan fingerprint density at radius 2 is 1.97 bits per heavy atom. The van der Waals surface area contributed by atoms with Crippen LogP contribution in [0.25, 0.3) is 0 Å². The molecule has 2 aliphatic rings. The number of rotatable bonds is 6. The number of fused-ring (bicyclic) bond motifs is 1. The number of halogens is 1. The summed E-state index contributed by atoms with van der Waals surface area (Å²) in [6.45, 7) is 4.08. The lowest BCUT2D eigenvalue weighted by Gasteiger charge is -2.25. The Kier molecular flexibility index (Phi) is 5.85. The van der Waals surface area contributed by atoms with Gasteiger partial charge in [0.1, 0.15) is 10.6 Å². The number of nitrogens with zero attached hydrogens (tertiary/aromatic N) is 2. The maximum absolute atomic E-state index is 13.3. The van der Waals surface area contributed by atoms with E-state index in [9.17, 15) is 8.42 Å². The number of sulfonamides is 1. The van der Waals surface area contributed by atoms with Gasteiger partial charge < -0.3 is 14.2 Å². The molecule has 0 N–H and O–H groups in total. The summed E-state index contributed by atoms with van der Waals surface area (Å²) in [4.78, 5) is 2.40. The van der Waals surface area contributed by atoms with Crippen LogP contribution in [-0.4, -0.2) is 57.7 Å². The fourth-order valence-electron chi connectivity index (χ4n) is 3.91. The van der Waals surface area contributed by atoms with Crippen molar-refractivity contribution >= 4 is 21.6 Å². The zero-order valence-electron chi connectivity index (χ0n) is 17.2. The van der Waals surface area contributed by atoms with Gasteiger partial charge in [0.05, 0.1) is 7.11 Å². The first-order valence-corrected chi connectivity index (χ1v) is 11.5. The van der Waals surface area contributed by atoms with Gasteiger partial charge in [-0.15, -0.1) is 0 Å². The molecule has 0 spiro atoms. The summed E-state index contributed by atoms with van der Waals surface area (Å²) in [6, 6.07) is 8.73. The van der Waals surface area contributed by atoms with Crippen LogP contribution in [0.15, 0.2) is 35.2 Å². The molecule has 2 heterocycles. The van der Waals surface area contributed by atoms with E-state index in [1.165, 1.54) is 11.4 Å². The van der Waals surface area contributed by atoms with Crippen molar-refractivity contribution < 1.29 is 22.6 Å². The monoisotopic (exact) mass is 452 g/mol. The Morgan fingerprint density at radius 1 is 1.23 bits per heavy atom. The molecule has 4 rings (SSSR count). The average Bonchev–Trinajstić information content (AvgIpc) is 3.36. The summed E-state index contributed by atoms with van der Waals surface area (Å²) in [7, 11) is -0.561. The van der Waals surface area contributed by atoms with Gasteiger partial charge in [0.2, 0.25) is 16.8 Å². The lowest BCUT2D eigenvalue weighted by Crippen LogP contribution is -2.39. The van der Waals surface area contributed by atoms with Crippen LogP contribution < -0.4 is 14.2 Å². The Balaban J connectivity index is 1.49. The van der Waals surface area contributed by atoms with Crippen molar-refractivity contribution in [3.05, 3.63) is 46.5 Å². The molecule has 0 bridgehead atoms. The van der Waals surface area contributed by atoms with Crippen LogP contribution >= 0.6 is 11.6 Å². The molecule has 0 amide bonds. The Morgan fingerprint density at radius 3 is 2.70 bits per heavy atom. The van der Waals surface area contributed by atoms with Crippen molar-refractivity contribution in [2.75, 3.05) is 34.0 Å². The summed E-state index contributed by atoms with van der Waals surface area (Å²) in [5, 5.41) is 0.619. The number of likely N-dealkylation sites (tertiary alicyclic amines) is 1. The van der Waals surface area contributed by atoms with E-state index in [1.807, 2.05) is 19.1 Å². The lowest BCUT2D eigenvalue weighted by molar-refractivity contribution is 0.174. The van der Waals surface area contributed by atoms with E-state index < -0.39 is 10.0 Å². The van der Waals surface area contributed by atoms with Gasteiger partial charge in [-0.25, -0.2) is 8.42 Å². The largest absolute Gasteiger partial charge is 0.495 e. The number of likely N-dealkylation sites (N-methyl/N-ethyl adjacent to an activating group) is 1. The van der Waals surface area contributed by atoms with Gasteiger partial charge in [-0.05, 0) is 42.7 Å². The molecular weight excluding hydrogens is 428 g/mol. The first kappa shape index (κ1) is 21.2. The normalized spacial score (nSPS) is 18.9. The van der Waals surface area contributed by atoms with Crippen LogP contribution in [0.2, 0.25) is 5.02 Å². The Bertz CT molecular complexity index is 1060. The maximum Gasteiger partial charge on any atom is 0.246 e. The van der Waals surface area contributed by atoms with Gasteiger partial charge in [0, 0.05) is 43.8 Å². The molecule has 2 aromatic rings. The second-order valence-electron chi connectivity index (χ2n) is 7.65. The fraction of sp³-hybridized carbons (Fsp3) is 0.429. The van der Waals surface area contributed by atoms with Crippen LogP contribution in [-0.2, 0) is 16.6 Å². The number of aryl methyl sites for hydroxylation is 1. The summed E-state index contributed by atoms with van der Waals surface area (Å²) in [5.41, 5.74) is 1.81. The molecule has 1 atom stereocenters. The molecule has 30 heavy (non-hydrogen) atoms. The van der Waals surface area contributed by atoms with Gasteiger partial charge in [-0.3, -0.25) is 4.90 Å². The Hall–Kier alpha value is -2.00. The summed E-state index contributed by atoms with van der Waals surface area (Å²) in [6.07, 6.45) is 0.742. The summed E-state index contributed by atoms with van der Waals surface area (Å²) >= 11 is 6.40. The van der Waals surface area contributed by atoms with Crippen LogP contribution in [0.1, 0.15) is 17.5 Å². The van der Waals surface area contributed by atoms with E-state index in [-0.39, 0.29) is 17.7 Å². The van der Waals surface area contributed by atoms with E-state index in [2.05, 4.69) is 4.90 Å². The molecule has 7 nitrogen and oxygen atoms in total. The van der Waals surface area contributed by atoms with Gasteiger partial charge in [-0.2, -0.15) is 4.31 Å². The molecule has 1 saturated heterocycles. The third kappa shape index (κ3) is 3.97. The number of benzene rings is 2. The van der Waals surface area contributed by atoms with Gasteiger partial charge >= 0.3 is 0 Å². The molecular formula is C21H25ClN2O5S. The van der Waals surface area contributed by atoms with E-state index in [1.54, 1.807) is 25.2 Å². The predicted molar refractivity (Wildman–Crippen MR) is 114 cm³/mol. The minimum absolute atomic E-state index is 0.131. The first-order valence-electron chi connectivity index (χ1n) is 9.72. The van der Waals surface area contributed by atoms with Crippen molar-refractivity contribution in [1.29, 1.82) is 0 Å². The predicted octanol–water partition coefficient (Wildman–Crippen LogP) is 3.28. The highest BCUT2D eigenvalue weighted by molar-refractivity contribution is 7.89. The number of hydrogen-bond donors (Lipinski definition) is 0. The number of methoxy groups -OCH3 is 1. The maximum atomic E-state index is 13.3. The van der Waals surface area contributed by atoms with E-state index in [0.29, 0.717) is 35.4 Å². The highest BCUT2D eigenvalue weighted by atomic mass is 35.5. The van der Waals surface area contributed by atoms with E-state index in [0.717, 1.165) is 24.1 Å². The number of ether oxygens (including phenoxy) is 3. The molecule has 0 aromatic heterocycles. The molecule has 2 aromatic carbocycles. The third-order valence-electron chi connectivity index (χ3n) is 5.67. The third-order valence-corrected chi connectivity index (χ3v) is 7.96. The van der Waals surface area contributed by atoms with E-state index >= 15 is 0 Å². The molecule has 162 valence electrons. The second kappa shape index (κ2) is 8.26. The van der Waals surface area contributed by atoms with Crippen molar-refractivity contribution in [3.63, 3.8) is 0 Å². The molecule has 0 saturated carbocycles. The Labute approximate surface area is 182 Å². The van der Waals surface area contributed by atoms with Crippen LogP contribution in [0.5, 0.6) is 17.2 Å². The number of hydrogen-bond acceptors (Lipinski definition) is 6. The second-order valence-corrected chi connectivity index (χ2v) is 10.0. The van der Waals surface area contributed by atoms with Crippen molar-refractivity contribution in [1.82, 2.24) is 9.21 Å². The van der Waals surface area contributed by atoms with Crippen molar-refractivity contribution in [2.24, 2.45) is 0 Å². The average molecular weight is 453 g/mol. The highest BCUT2D eigenvalue weighted by Crippen LogP contribution is 2.38. The van der Waals surface area contributed by atoms with Gasteiger partial charge in [0.15, 0.2) is 11.5 Å². The van der Waals surface area contributed by atoms with Crippen LogP contribution in [0.3, 0.4) is 0 Å². The van der Waals surface area contributed by atoms with Gasteiger partial charge in [0.25, 0.3) is 0 Å². The van der Waals surface area contributed by atoms with Crippen molar-refractivity contribution in [2.45, 2.75) is 30.8 Å². The molecule has 0 aliphatic carbocycles. The minimum atomic E-state index is -3.68. The molecule has 1 fully saturated rings. The van der Waals surface area contributed by atoms with Crippen LogP contribution in [0.4, 0.5) is 0 Å². The smallest absolute Gasteiger partial charge is 0.246 e. The fourth-order valence-corrected chi connectivity index (χ4v) is 5.74. The SMILES string of the molecule is COc1ccc(C)cc1S(=O)(=O)N(C)C1CCN(Cc2cc3c(cc2Cl)OCO3)C1. The topological polar surface area (TPSA) is 68.3 Å². The molecule has 9 heteroatoms. The quantitative estimate of drug-likeness (QED) is 0.670. The molecule has 1 unspecified atom stereocenters. The lowest BCUT2D eigenvalue weighted by atomic mass is 10.2. The molecule has 0 radical (unpaired) electrons. The zero-order chi connectivity index (χ0) is 21.5. The minimum Gasteiger partial charge on any atom is -0.495 e. The summed E-state index contributed by atoms with van der Waals surface area (Å²) < 4.78 is 44.1. The summed E-state index contributed by atoms with van der Waals surface area (Å²) in [5.74, 6) is 1.70. The molecule has 2 aliphatic heterocycles. The van der Waals surface area contributed by atoms with Crippen LogP contribution in [0, 0.1) is 6.92 Å². The standard InChI is InChI=1S/C21H25ClN2O5S/c1-14-4-5-18(27-3)21(8-14)30(25,26)23(2)16-6-7-24(12-16)11-15-9-19-20(10-17(15)22)29-13-28-19/h4-5,8-10,16H,6-7,11-13H2,1-3H3.